The summed E-state index contributed by atoms with van der Waals surface area (Å²) >= 11 is 0. The Labute approximate surface area is 315 Å². The van der Waals surface area contributed by atoms with Gasteiger partial charge in [0.1, 0.15) is 23.7 Å². The number of amides is 4. The number of aromatic nitrogens is 4. The minimum atomic E-state index is -0.690. The Kier molecular flexibility index (Phi) is 9.63. The van der Waals surface area contributed by atoms with Gasteiger partial charge in [-0.15, -0.1) is 0 Å². The molecule has 0 spiro atoms. The average molecular weight is 741 g/mol. The number of aromatic amines is 2. The number of fused-ring (bicyclic) bond motifs is 3. The molecular formula is C40H52N8O6. The number of carbonyl (C=O) groups is 4. The third-order valence-electron chi connectivity index (χ3n) is 13.2. The number of nitrogens with one attached hydrogen (secondary N) is 4. The highest BCUT2D eigenvalue weighted by molar-refractivity contribution is 5.87. The van der Waals surface area contributed by atoms with Gasteiger partial charge in [-0.3, -0.25) is 9.59 Å². The number of methoxy groups -OCH3 is 2. The average Bonchev–Trinajstić information content (AvgIpc) is 3.69. The van der Waals surface area contributed by atoms with Gasteiger partial charge >= 0.3 is 12.2 Å². The van der Waals surface area contributed by atoms with Crippen LogP contribution in [0, 0.1) is 5.92 Å². The lowest BCUT2D eigenvalue weighted by molar-refractivity contribution is -0.135. The van der Waals surface area contributed by atoms with Gasteiger partial charge in [-0.2, -0.15) is 0 Å². The van der Waals surface area contributed by atoms with E-state index in [-0.39, 0.29) is 40.6 Å². The maximum atomic E-state index is 13.7. The van der Waals surface area contributed by atoms with E-state index in [1.165, 1.54) is 25.5 Å². The summed E-state index contributed by atoms with van der Waals surface area (Å²) in [4.78, 5) is 71.0. The standard InChI is InChI=1S/C40H52N8O6/c1-24(43-37(51)53-2)35(49)47-20-4-6-29(47)33-41-22-28(44-33)25-10-12-27(13-11-25)39-14-17-40(18-15-39,19-16-39)31-23-42-34(45-31)30-7-5-21-48(30)36(50)32(26-8-9-26)46-38(52)54-3/h10-13,22-24,26,29-30,32H,4-9,14-21H2,1-3H3,(H,41,44)(H,42,45)(H,43,51)(H,46,52)/t24-,29-,30-,32-,39?,40?/m0/s1. The van der Waals surface area contributed by atoms with Gasteiger partial charge in [-0.05, 0) is 106 Å². The molecule has 0 radical (unpaired) electrons. The van der Waals surface area contributed by atoms with E-state index in [1.54, 1.807) is 11.8 Å². The summed E-state index contributed by atoms with van der Waals surface area (Å²) in [6.45, 7) is 2.95. The van der Waals surface area contributed by atoms with E-state index in [9.17, 15) is 19.2 Å². The number of imidazole rings is 2. The largest absolute Gasteiger partial charge is 0.453 e. The van der Waals surface area contributed by atoms with E-state index < -0.39 is 24.3 Å². The Hall–Kier alpha value is -4.88. The Balaban J connectivity index is 0.905. The quantitative estimate of drug-likeness (QED) is 0.209. The lowest BCUT2D eigenvalue weighted by Gasteiger charge is -2.53. The fraction of sp³-hybridized carbons (Fsp3) is 0.600. The fourth-order valence-corrected chi connectivity index (χ4v) is 9.81. The first-order valence-corrected chi connectivity index (χ1v) is 19.6. The molecule has 14 heteroatoms. The molecule has 1 aromatic carbocycles. The second-order valence-electron chi connectivity index (χ2n) is 16.2. The second-order valence-corrected chi connectivity index (χ2v) is 16.2. The molecule has 54 heavy (non-hydrogen) atoms. The Morgan fingerprint density at radius 3 is 1.91 bits per heavy atom. The molecule has 288 valence electrons. The molecular weight excluding hydrogens is 688 g/mol. The van der Waals surface area contributed by atoms with Crippen LogP contribution in [0.5, 0.6) is 0 Å². The van der Waals surface area contributed by atoms with E-state index in [0.717, 1.165) is 100.0 Å². The highest BCUT2D eigenvalue weighted by atomic mass is 16.5. The van der Waals surface area contributed by atoms with E-state index in [2.05, 4.69) is 54.6 Å². The van der Waals surface area contributed by atoms with Crippen LogP contribution in [-0.4, -0.2) is 93.1 Å². The molecule has 14 nitrogen and oxygen atoms in total. The number of H-pyrrole nitrogens is 2. The van der Waals surface area contributed by atoms with Crippen molar-refractivity contribution in [3.63, 3.8) is 0 Å². The number of nitrogens with zero attached hydrogens (tertiary/aromatic N) is 4. The molecule has 9 rings (SSSR count). The molecule has 4 atom stereocenters. The van der Waals surface area contributed by atoms with Crippen molar-refractivity contribution in [2.75, 3.05) is 27.3 Å². The molecule has 4 aliphatic carbocycles. The summed E-state index contributed by atoms with van der Waals surface area (Å²) < 4.78 is 9.48. The summed E-state index contributed by atoms with van der Waals surface area (Å²) in [7, 11) is 2.61. The van der Waals surface area contributed by atoms with Gasteiger partial charge < -0.3 is 39.9 Å². The van der Waals surface area contributed by atoms with Crippen LogP contribution in [0.25, 0.3) is 11.3 Å². The number of carbonyl (C=O) groups excluding carboxylic acids is 4. The first-order chi connectivity index (χ1) is 26.1. The van der Waals surface area contributed by atoms with Crippen LogP contribution in [0.15, 0.2) is 36.7 Å². The molecule has 2 bridgehead atoms. The topological polar surface area (TPSA) is 175 Å². The first kappa shape index (κ1) is 36.1. The molecule has 4 saturated carbocycles. The predicted molar refractivity (Wildman–Crippen MR) is 198 cm³/mol. The van der Waals surface area contributed by atoms with E-state index in [1.807, 2.05) is 17.3 Å². The van der Waals surface area contributed by atoms with Crippen molar-refractivity contribution in [2.45, 2.75) is 119 Å². The second kappa shape index (κ2) is 14.4. The lowest BCUT2D eigenvalue weighted by atomic mass is 9.51. The van der Waals surface area contributed by atoms with Gasteiger partial charge in [-0.1, -0.05) is 24.3 Å². The van der Waals surface area contributed by atoms with Crippen molar-refractivity contribution in [1.82, 2.24) is 40.4 Å². The van der Waals surface area contributed by atoms with Crippen molar-refractivity contribution >= 4 is 24.0 Å². The zero-order chi connectivity index (χ0) is 37.6. The van der Waals surface area contributed by atoms with Crippen molar-refractivity contribution < 1.29 is 28.7 Å². The van der Waals surface area contributed by atoms with Gasteiger partial charge in [0.05, 0.1) is 38.2 Å². The van der Waals surface area contributed by atoms with Crippen molar-refractivity contribution in [3.05, 3.63) is 59.6 Å². The van der Waals surface area contributed by atoms with Crippen molar-refractivity contribution in [3.8, 4) is 11.3 Å². The van der Waals surface area contributed by atoms with E-state index >= 15 is 0 Å². The molecule has 3 aromatic rings. The zero-order valence-corrected chi connectivity index (χ0v) is 31.5. The summed E-state index contributed by atoms with van der Waals surface area (Å²) in [5, 5.41) is 5.38. The normalized spacial score (nSPS) is 27.4. The Morgan fingerprint density at radius 1 is 0.741 bits per heavy atom. The number of rotatable bonds is 10. The highest BCUT2D eigenvalue weighted by Gasteiger charge is 2.51. The van der Waals surface area contributed by atoms with Crippen LogP contribution >= 0.6 is 0 Å². The zero-order valence-electron chi connectivity index (χ0n) is 31.5. The third-order valence-corrected chi connectivity index (χ3v) is 13.2. The van der Waals surface area contributed by atoms with E-state index in [0.29, 0.717) is 13.1 Å². The van der Waals surface area contributed by atoms with Crippen LogP contribution in [0.2, 0.25) is 0 Å². The molecule has 6 aliphatic rings. The number of likely N-dealkylation sites (tertiary alicyclic amines) is 2. The molecule has 6 fully saturated rings. The first-order valence-electron chi connectivity index (χ1n) is 19.6. The molecule has 2 aliphatic heterocycles. The molecule has 4 amide bonds. The molecule has 4 heterocycles. The predicted octanol–water partition coefficient (Wildman–Crippen LogP) is 5.55. The van der Waals surface area contributed by atoms with Crippen LogP contribution in [0.3, 0.4) is 0 Å². The number of hydrogen-bond donors (Lipinski definition) is 4. The summed E-state index contributed by atoms with van der Waals surface area (Å²) in [6, 6.07) is 7.41. The number of ether oxygens (including phenoxy) is 2. The number of alkyl carbamates (subject to hydrolysis) is 2. The fourth-order valence-electron chi connectivity index (χ4n) is 9.81. The number of benzene rings is 1. The molecule has 4 N–H and O–H groups in total. The van der Waals surface area contributed by atoms with Gasteiger partial charge in [0.15, 0.2) is 0 Å². The summed E-state index contributed by atoms with van der Waals surface area (Å²) in [6.07, 6.45) is 14.6. The molecule has 2 saturated heterocycles. The minimum absolute atomic E-state index is 0.0333. The van der Waals surface area contributed by atoms with Gasteiger partial charge in [-0.25, -0.2) is 19.6 Å². The maximum absolute atomic E-state index is 13.7. The summed E-state index contributed by atoms with van der Waals surface area (Å²) in [5.41, 5.74) is 4.77. The SMILES string of the molecule is COC(=O)N[C@@H](C)C(=O)N1CCC[C@H]1c1ncc(-c2ccc(C34CCC(c5cnc([C@@H]6CCCN6C(=O)[C@@H](NC(=O)OC)C6CC6)[nH]5)(CC3)CC4)cc2)[nH]1. The van der Waals surface area contributed by atoms with Crippen LogP contribution in [0.1, 0.15) is 119 Å². The maximum Gasteiger partial charge on any atom is 0.407 e. The van der Waals surface area contributed by atoms with Crippen molar-refractivity contribution in [2.24, 2.45) is 5.92 Å². The van der Waals surface area contributed by atoms with Crippen LogP contribution in [-0.2, 0) is 29.9 Å². The van der Waals surface area contributed by atoms with Gasteiger partial charge in [0.25, 0.3) is 0 Å². The van der Waals surface area contributed by atoms with E-state index in [4.69, 9.17) is 9.72 Å². The van der Waals surface area contributed by atoms with Crippen LogP contribution in [0.4, 0.5) is 9.59 Å². The van der Waals surface area contributed by atoms with Crippen molar-refractivity contribution in [1.29, 1.82) is 0 Å². The Morgan fingerprint density at radius 2 is 1.30 bits per heavy atom. The molecule has 0 unspecified atom stereocenters. The minimum Gasteiger partial charge on any atom is -0.453 e. The third kappa shape index (κ3) is 6.61. The summed E-state index contributed by atoms with van der Waals surface area (Å²) in [5.74, 6) is 1.60. The molecule has 2 aromatic heterocycles. The monoisotopic (exact) mass is 740 g/mol. The lowest BCUT2D eigenvalue weighted by Crippen LogP contribution is -2.49. The smallest absolute Gasteiger partial charge is 0.407 e. The Bertz CT molecular complexity index is 1860. The van der Waals surface area contributed by atoms with Crippen LogP contribution < -0.4 is 10.6 Å². The van der Waals surface area contributed by atoms with Gasteiger partial charge in [0.2, 0.25) is 11.8 Å². The highest BCUT2D eigenvalue weighted by Crippen LogP contribution is 2.58. The van der Waals surface area contributed by atoms with Gasteiger partial charge in [0, 0.05) is 30.4 Å². The number of hydrogen-bond acceptors (Lipinski definition) is 8.